The average molecular weight is 248 g/mol. The molecule has 3 heteroatoms. The third-order valence-electron chi connectivity index (χ3n) is 3.61. The molecule has 0 aliphatic carbocycles. The average Bonchev–Trinajstić information content (AvgIpc) is 2.35. The Morgan fingerprint density at radius 3 is 3.00 bits per heavy atom. The quantitative estimate of drug-likeness (QED) is 0.832. The minimum atomic E-state index is 0.415. The van der Waals surface area contributed by atoms with E-state index in [0.717, 1.165) is 25.4 Å². The van der Waals surface area contributed by atoms with E-state index in [1.807, 2.05) is 6.07 Å². The van der Waals surface area contributed by atoms with Gasteiger partial charge in [0.05, 0.1) is 6.10 Å². The van der Waals surface area contributed by atoms with Crippen molar-refractivity contribution in [3.05, 3.63) is 29.3 Å². The fraction of sp³-hybridized carbons (Fsp3) is 0.600. The van der Waals surface area contributed by atoms with Crippen LogP contribution in [0.25, 0.3) is 0 Å². The molecule has 0 saturated carbocycles. The van der Waals surface area contributed by atoms with E-state index in [1.54, 1.807) is 0 Å². The van der Waals surface area contributed by atoms with Crippen LogP contribution in [-0.2, 0) is 11.3 Å². The van der Waals surface area contributed by atoms with E-state index in [2.05, 4.69) is 30.9 Å². The van der Waals surface area contributed by atoms with Crippen LogP contribution in [0.1, 0.15) is 30.9 Å². The molecule has 1 aromatic rings. The third-order valence-corrected chi connectivity index (χ3v) is 3.61. The monoisotopic (exact) mass is 248 g/mol. The minimum Gasteiger partial charge on any atom is -0.399 e. The van der Waals surface area contributed by atoms with Crippen molar-refractivity contribution in [3.63, 3.8) is 0 Å². The molecule has 1 saturated heterocycles. The Balaban J connectivity index is 1.93. The maximum absolute atomic E-state index is 5.85. The molecule has 1 aliphatic heterocycles. The molecule has 2 rings (SSSR count). The summed E-state index contributed by atoms with van der Waals surface area (Å²) in [6, 6.07) is 6.33. The van der Waals surface area contributed by atoms with Crippen LogP contribution in [0.4, 0.5) is 5.69 Å². The van der Waals surface area contributed by atoms with E-state index < -0.39 is 0 Å². The number of anilines is 1. The number of benzene rings is 1. The lowest BCUT2D eigenvalue weighted by molar-refractivity contribution is 0.00363. The van der Waals surface area contributed by atoms with Gasteiger partial charge in [-0.3, -0.25) is 4.90 Å². The zero-order chi connectivity index (χ0) is 13.0. The third kappa shape index (κ3) is 3.47. The fourth-order valence-electron chi connectivity index (χ4n) is 2.62. The predicted molar refractivity (Wildman–Crippen MR) is 75.5 cm³/mol. The largest absolute Gasteiger partial charge is 0.399 e. The van der Waals surface area contributed by atoms with Crippen molar-refractivity contribution in [2.75, 3.05) is 25.4 Å². The van der Waals surface area contributed by atoms with Crippen LogP contribution < -0.4 is 5.73 Å². The second-order valence-electron chi connectivity index (χ2n) is 5.15. The topological polar surface area (TPSA) is 38.5 Å². The number of hydrogen-bond acceptors (Lipinski definition) is 3. The molecule has 1 aromatic carbocycles. The number of rotatable bonds is 4. The smallest absolute Gasteiger partial charge is 0.0702 e. The molecule has 2 N–H and O–H groups in total. The Morgan fingerprint density at radius 2 is 2.28 bits per heavy atom. The molecule has 18 heavy (non-hydrogen) atoms. The van der Waals surface area contributed by atoms with Gasteiger partial charge < -0.3 is 10.5 Å². The number of nitrogens with two attached hydrogens (primary N) is 1. The zero-order valence-electron chi connectivity index (χ0n) is 11.5. The van der Waals surface area contributed by atoms with Gasteiger partial charge in [0.1, 0.15) is 0 Å². The van der Waals surface area contributed by atoms with Crippen LogP contribution in [0.15, 0.2) is 18.2 Å². The van der Waals surface area contributed by atoms with E-state index in [-0.39, 0.29) is 0 Å². The number of nitrogens with zero attached hydrogens (tertiary/aromatic N) is 1. The van der Waals surface area contributed by atoms with Crippen LogP contribution in [-0.4, -0.2) is 30.7 Å². The summed E-state index contributed by atoms with van der Waals surface area (Å²) in [6.07, 6.45) is 2.85. The Bertz CT molecular complexity index is 390. The molecule has 3 nitrogen and oxygen atoms in total. The van der Waals surface area contributed by atoms with Crippen molar-refractivity contribution < 1.29 is 4.74 Å². The summed E-state index contributed by atoms with van der Waals surface area (Å²) < 4.78 is 5.73. The van der Waals surface area contributed by atoms with Gasteiger partial charge in [0.15, 0.2) is 0 Å². The number of piperidine rings is 1. The van der Waals surface area contributed by atoms with Gasteiger partial charge in [0.2, 0.25) is 0 Å². The minimum absolute atomic E-state index is 0.415. The van der Waals surface area contributed by atoms with Crippen LogP contribution in [0.2, 0.25) is 0 Å². The SMILES string of the molecule is CCOC1CCCN(Cc2ccc(N)c(C)c2)C1. The van der Waals surface area contributed by atoms with Crippen molar-refractivity contribution in [2.45, 2.75) is 39.3 Å². The first-order valence-corrected chi connectivity index (χ1v) is 6.88. The highest BCUT2D eigenvalue weighted by Gasteiger charge is 2.19. The van der Waals surface area contributed by atoms with Crippen molar-refractivity contribution in [1.82, 2.24) is 4.90 Å². The summed E-state index contributed by atoms with van der Waals surface area (Å²) >= 11 is 0. The summed E-state index contributed by atoms with van der Waals surface area (Å²) in [7, 11) is 0. The lowest BCUT2D eigenvalue weighted by Gasteiger charge is -2.32. The molecule has 0 aromatic heterocycles. The molecule has 100 valence electrons. The number of hydrogen-bond donors (Lipinski definition) is 1. The maximum atomic E-state index is 5.85. The lowest BCUT2D eigenvalue weighted by Crippen LogP contribution is -2.39. The van der Waals surface area contributed by atoms with Gasteiger partial charge >= 0.3 is 0 Å². The van der Waals surface area contributed by atoms with E-state index in [4.69, 9.17) is 10.5 Å². The molecule has 0 radical (unpaired) electrons. The van der Waals surface area contributed by atoms with E-state index in [1.165, 1.54) is 30.5 Å². The highest BCUT2D eigenvalue weighted by atomic mass is 16.5. The molecule has 0 spiro atoms. The summed E-state index contributed by atoms with van der Waals surface area (Å²) in [5, 5.41) is 0. The van der Waals surface area contributed by atoms with Gasteiger partial charge in [-0.15, -0.1) is 0 Å². The fourth-order valence-corrected chi connectivity index (χ4v) is 2.62. The van der Waals surface area contributed by atoms with Crippen molar-refractivity contribution in [3.8, 4) is 0 Å². The van der Waals surface area contributed by atoms with Crippen LogP contribution in [0, 0.1) is 6.92 Å². The molecular formula is C15H24N2O. The van der Waals surface area contributed by atoms with Gasteiger partial charge in [0.25, 0.3) is 0 Å². The lowest BCUT2D eigenvalue weighted by atomic mass is 10.1. The normalized spacial score (nSPS) is 21.1. The molecule has 0 amide bonds. The van der Waals surface area contributed by atoms with Crippen LogP contribution >= 0.6 is 0 Å². The van der Waals surface area contributed by atoms with E-state index >= 15 is 0 Å². The predicted octanol–water partition coefficient (Wildman–Crippen LogP) is 2.58. The van der Waals surface area contributed by atoms with Crippen LogP contribution in [0.5, 0.6) is 0 Å². The molecule has 1 fully saturated rings. The second-order valence-corrected chi connectivity index (χ2v) is 5.15. The first-order valence-electron chi connectivity index (χ1n) is 6.88. The second kappa shape index (κ2) is 6.21. The van der Waals surface area contributed by atoms with Gasteiger partial charge in [-0.1, -0.05) is 12.1 Å². The molecule has 1 aliphatic rings. The first-order chi connectivity index (χ1) is 8.69. The Labute approximate surface area is 110 Å². The molecule has 1 heterocycles. The van der Waals surface area contributed by atoms with Crippen molar-refractivity contribution in [2.24, 2.45) is 0 Å². The van der Waals surface area contributed by atoms with Crippen LogP contribution in [0.3, 0.4) is 0 Å². The highest BCUT2D eigenvalue weighted by Crippen LogP contribution is 2.18. The zero-order valence-corrected chi connectivity index (χ0v) is 11.5. The van der Waals surface area contributed by atoms with Crippen molar-refractivity contribution in [1.29, 1.82) is 0 Å². The molecular weight excluding hydrogens is 224 g/mol. The number of aryl methyl sites for hydroxylation is 1. The maximum Gasteiger partial charge on any atom is 0.0702 e. The standard InChI is InChI=1S/C15H24N2O/c1-3-18-14-5-4-8-17(11-14)10-13-6-7-15(16)12(2)9-13/h6-7,9,14H,3-5,8,10-11,16H2,1-2H3. The van der Waals surface area contributed by atoms with E-state index in [9.17, 15) is 0 Å². The first kappa shape index (κ1) is 13.4. The van der Waals surface area contributed by atoms with Gasteiger partial charge in [-0.2, -0.15) is 0 Å². The molecule has 1 atom stereocenters. The summed E-state index contributed by atoms with van der Waals surface area (Å²) in [6.45, 7) is 8.19. The number of likely N-dealkylation sites (tertiary alicyclic amines) is 1. The van der Waals surface area contributed by atoms with E-state index in [0.29, 0.717) is 6.10 Å². The molecule has 1 unspecified atom stereocenters. The Hall–Kier alpha value is -1.06. The number of nitrogen functional groups attached to an aromatic ring is 1. The van der Waals surface area contributed by atoms with Gasteiger partial charge in [-0.25, -0.2) is 0 Å². The summed E-state index contributed by atoms with van der Waals surface area (Å²) in [5.74, 6) is 0. The highest BCUT2D eigenvalue weighted by molar-refractivity contribution is 5.47. The Kier molecular flexibility index (Phi) is 4.61. The summed E-state index contributed by atoms with van der Waals surface area (Å²) in [5.41, 5.74) is 9.25. The Morgan fingerprint density at radius 1 is 1.44 bits per heavy atom. The van der Waals surface area contributed by atoms with Crippen molar-refractivity contribution >= 4 is 5.69 Å². The molecule has 0 bridgehead atoms. The van der Waals surface area contributed by atoms with Gasteiger partial charge in [-0.05, 0) is 50.4 Å². The number of ether oxygens (including phenoxy) is 1. The summed E-state index contributed by atoms with van der Waals surface area (Å²) in [4.78, 5) is 2.48. The van der Waals surface area contributed by atoms with Gasteiger partial charge in [0, 0.05) is 25.4 Å².